The molecule has 0 radical (unpaired) electrons. The van der Waals surface area contributed by atoms with E-state index in [2.05, 4.69) is 5.32 Å². The molecule has 0 aromatic carbocycles. The maximum atomic E-state index is 11.0. The van der Waals surface area contributed by atoms with E-state index in [1.807, 2.05) is 0 Å². The Labute approximate surface area is 83.1 Å². The highest BCUT2D eigenvalue weighted by Crippen LogP contribution is 2.37. The van der Waals surface area contributed by atoms with Gasteiger partial charge in [-0.1, -0.05) is 0 Å². The molecule has 2 heterocycles. The van der Waals surface area contributed by atoms with E-state index in [1.165, 1.54) is 0 Å². The van der Waals surface area contributed by atoms with Crippen molar-refractivity contribution in [2.24, 2.45) is 11.3 Å². The zero-order valence-electron chi connectivity index (χ0n) is 7.28. The average molecular weight is 208 g/mol. The summed E-state index contributed by atoms with van der Waals surface area (Å²) in [6.07, 6.45) is 0.874. The van der Waals surface area contributed by atoms with Crippen molar-refractivity contribution >= 4 is 18.4 Å². The van der Waals surface area contributed by atoms with Crippen molar-refractivity contribution < 1.29 is 14.6 Å². The molecule has 4 nitrogen and oxygen atoms in total. The molecule has 0 amide bonds. The number of aliphatic carboxylic acids is 1. The predicted octanol–water partition coefficient (Wildman–Crippen LogP) is 0.119. The lowest BCUT2D eigenvalue weighted by Gasteiger charge is -2.34. The standard InChI is InChI=1S/C8H13NO3.ClH/c10-7(11)8-4-9-3-6(8)1-2-12-5-8;/h6,9H,1-5H2,(H,10,11);1H/t6-,8+;/m0./s1. The first-order valence-corrected chi connectivity index (χ1v) is 4.27. The van der Waals surface area contributed by atoms with Crippen molar-refractivity contribution in [3.63, 3.8) is 0 Å². The van der Waals surface area contributed by atoms with Gasteiger partial charge < -0.3 is 15.2 Å². The number of carbonyl (C=O) groups is 1. The lowest BCUT2D eigenvalue weighted by Crippen LogP contribution is -2.46. The first kappa shape index (κ1) is 10.8. The zero-order chi connectivity index (χ0) is 8.60. The SMILES string of the molecule is Cl.O=C(O)[C@@]12CNC[C@@H]1CCOC2. The number of fused-ring (bicyclic) bond motifs is 1. The van der Waals surface area contributed by atoms with Crippen LogP contribution in [0.15, 0.2) is 0 Å². The third kappa shape index (κ3) is 1.54. The molecule has 0 aromatic rings. The summed E-state index contributed by atoms with van der Waals surface area (Å²) in [6.45, 7) is 2.48. The van der Waals surface area contributed by atoms with E-state index in [0.29, 0.717) is 19.8 Å². The van der Waals surface area contributed by atoms with Crippen LogP contribution in [0.1, 0.15) is 6.42 Å². The number of hydrogen-bond donors (Lipinski definition) is 2. The first-order chi connectivity index (χ1) is 5.76. The van der Waals surface area contributed by atoms with Crippen molar-refractivity contribution in [1.29, 1.82) is 0 Å². The van der Waals surface area contributed by atoms with Crippen molar-refractivity contribution in [3.8, 4) is 0 Å². The lowest BCUT2D eigenvalue weighted by molar-refractivity contribution is -0.159. The van der Waals surface area contributed by atoms with Gasteiger partial charge in [-0.15, -0.1) is 12.4 Å². The molecule has 0 spiro atoms. The first-order valence-electron chi connectivity index (χ1n) is 4.27. The maximum Gasteiger partial charge on any atom is 0.313 e. The summed E-state index contributed by atoms with van der Waals surface area (Å²) in [7, 11) is 0. The van der Waals surface area contributed by atoms with Crippen LogP contribution in [-0.2, 0) is 9.53 Å². The molecule has 13 heavy (non-hydrogen) atoms. The van der Waals surface area contributed by atoms with Crippen LogP contribution in [0.2, 0.25) is 0 Å². The van der Waals surface area contributed by atoms with Gasteiger partial charge in [0.05, 0.1) is 6.61 Å². The molecule has 76 valence electrons. The van der Waals surface area contributed by atoms with Gasteiger partial charge in [0.1, 0.15) is 5.41 Å². The Morgan fingerprint density at radius 3 is 3.00 bits per heavy atom. The Kier molecular flexibility index (Phi) is 3.16. The highest BCUT2D eigenvalue weighted by molar-refractivity contribution is 5.85. The molecule has 2 aliphatic rings. The molecular formula is C8H14ClNO3. The van der Waals surface area contributed by atoms with Crippen LogP contribution >= 0.6 is 12.4 Å². The maximum absolute atomic E-state index is 11.0. The number of carboxylic acid groups (broad SMARTS) is 1. The van der Waals surface area contributed by atoms with Gasteiger partial charge in [-0.2, -0.15) is 0 Å². The summed E-state index contributed by atoms with van der Waals surface area (Å²) in [5, 5.41) is 12.2. The molecule has 0 bridgehead atoms. The van der Waals surface area contributed by atoms with E-state index in [-0.39, 0.29) is 18.3 Å². The summed E-state index contributed by atoms with van der Waals surface area (Å²) >= 11 is 0. The molecule has 2 fully saturated rings. The smallest absolute Gasteiger partial charge is 0.313 e. The van der Waals surface area contributed by atoms with Gasteiger partial charge in [0.25, 0.3) is 0 Å². The van der Waals surface area contributed by atoms with Crippen LogP contribution < -0.4 is 5.32 Å². The van der Waals surface area contributed by atoms with Crippen molar-refractivity contribution in [1.82, 2.24) is 5.32 Å². The number of rotatable bonds is 1. The second kappa shape index (κ2) is 3.82. The van der Waals surface area contributed by atoms with Crippen LogP contribution in [0.3, 0.4) is 0 Å². The van der Waals surface area contributed by atoms with E-state index in [9.17, 15) is 4.79 Å². The number of carboxylic acids is 1. The van der Waals surface area contributed by atoms with Gasteiger partial charge in [-0.25, -0.2) is 0 Å². The quantitative estimate of drug-likeness (QED) is 0.641. The fourth-order valence-corrected chi connectivity index (χ4v) is 2.15. The van der Waals surface area contributed by atoms with Gasteiger partial charge in [-0.3, -0.25) is 4.79 Å². The third-order valence-corrected chi connectivity index (χ3v) is 3.01. The van der Waals surface area contributed by atoms with Crippen LogP contribution in [0.5, 0.6) is 0 Å². The fourth-order valence-electron chi connectivity index (χ4n) is 2.15. The van der Waals surface area contributed by atoms with Crippen molar-refractivity contribution in [2.45, 2.75) is 6.42 Å². The Bertz CT molecular complexity index is 212. The van der Waals surface area contributed by atoms with Crippen LogP contribution in [0.25, 0.3) is 0 Å². The summed E-state index contributed by atoms with van der Waals surface area (Å²) in [6, 6.07) is 0. The Morgan fingerprint density at radius 2 is 2.38 bits per heavy atom. The van der Waals surface area contributed by atoms with E-state index in [1.54, 1.807) is 0 Å². The second-order valence-electron chi connectivity index (χ2n) is 3.63. The molecule has 5 heteroatoms. The highest BCUT2D eigenvalue weighted by Gasteiger charge is 2.51. The minimum absolute atomic E-state index is 0. The third-order valence-electron chi connectivity index (χ3n) is 3.01. The molecule has 0 saturated carbocycles. The number of hydrogen-bond acceptors (Lipinski definition) is 3. The van der Waals surface area contributed by atoms with Gasteiger partial charge in [-0.05, 0) is 18.9 Å². The molecule has 0 aromatic heterocycles. The van der Waals surface area contributed by atoms with Crippen LogP contribution in [0, 0.1) is 11.3 Å². The van der Waals surface area contributed by atoms with Crippen molar-refractivity contribution in [3.05, 3.63) is 0 Å². The fraction of sp³-hybridized carbons (Fsp3) is 0.875. The molecule has 2 saturated heterocycles. The minimum Gasteiger partial charge on any atom is -0.481 e. The predicted molar refractivity (Wildman–Crippen MR) is 49.1 cm³/mol. The lowest BCUT2D eigenvalue weighted by atomic mass is 9.76. The highest BCUT2D eigenvalue weighted by atomic mass is 35.5. The molecule has 2 atom stereocenters. The van der Waals surface area contributed by atoms with Gasteiger partial charge >= 0.3 is 5.97 Å². The Hall–Kier alpha value is -0.320. The van der Waals surface area contributed by atoms with Crippen LogP contribution in [0.4, 0.5) is 0 Å². The van der Waals surface area contributed by atoms with E-state index < -0.39 is 11.4 Å². The van der Waals surface area contributed by atoms with Crippen LogP contribution in [-0.4, -0.2) is 37.4 Å². The Balaban J connectivity index is 0.000000845. The molecule has 2 N–H and O–H groups in total. The number of ether oxygens (including phenoxy) is 1. The minimum atomic E-state index is -0.711. The van der Waals surface area contributed by atoms with Gasteiger partial charge in [0.15, 0.2) is 0 Å². The average Bonchev–Trinajstić information content (AvgIpc) is 2.48. The summed E-state index contributed by atoms with van der Waals surface area (Å²) in [5.74, 6) is -0.444. The van der Waals surface area contributed by atoms with E-state index in [4.69, 9.17) is 9.84 Å². The Morgan fingerprint density at radius 1 is 1.62 bits per heavy atom. The summed E-state index contributed by atoms with van der Waals surface area (Å²) in [5.41, 5.74) is -0.627. The zero-order valence-corrected chi connectivity index (χ0v) is 8.10. The van der Waals surface area contributed by atoms with E-state index >= 15 is 0 Å². The second-order valence-corrected chi connectivity index (χ2v) is 3.63. The molecular weight excluding hydrogens is 194 g/mol. The number of nitrogens with one attached hydrogen (secondary N) is 1. The van der Waals surface area contributed by atoms with Crippen molar-refractivity contribution in [2.75, 3.05) is 26.3 Å². The monoisotopic (exact) mass is 207 g/mol. The molecule has 2 aliphatic heterocycles. The normalized spacial score (nSPS) is 37.7. The summed E-state index contributed by atoms with van der Waals surface area (Å²) < 4.78 is 5.23. The number of halogens is 1. The van der Waals surface area contributed by atoms with Gasteiger partial charge in [0.2, 0.25) is 0 Å². The molecule has 0 unspecified atom stereocenters. The van der Waals surface area contributed by atoms with Gasteiger partial charge in [0, 0.05) is 13.2 Å². The molecule has 2 rings (SSSR count). The summed E-state index contributed by atoms with van der Waals surface area (Å²) in [4.78, 5) is 11.0. The van der Waals surface area contributed by atoms with E-state index in [0.717, 1.165) is 13.0 Å². The largest absolute Gasteiger partial charge is 0.481 e. The molecule has 0 aliphatic carbocycles. The topological polar surface area (TPSA) is 58.6 Å².